The number of ether oxygens (including phenoxy) is 1. The molecule has 1 aromatic heterocycles. The third-order valence-corrected chi connectivity index (χ3v) is 6.41. The van der Waals surface area contributed by atoms with Crippen LogP contribution >= 0.6 is 11.8 Å². The monoisotopic (exact) mass is 512 g/mol. The van der Waals surface area contributed by atoms with Gasteiger partial charge in [-0.15, -0.1) is 0 Å². The summed E-state index contributed by atoms with van der Waals surface area (Å²) in [5.41, 5.74) is 1.92. The molecule has 3 aromatic carbocycles. The Morgan fingerprint density at radius 3 is 2.41 bits per heavy atom. The first kappa shape index (κ1) is 24.0. The number of amidine groups is 1. The van der Waals surface area contributed by atoms with Crippen LogP contribution in [0.15, 0.2) is 100 Å². The maximum atomic E-state index is 13.3. The summed E-state index contributed by atoms with van der Waals surface area (Å²) >= 11 is 1.05. The Bertz CT molecular complexity index is 1500. The predicted octanol–water partition coefficient (Wildman–Crippen LogP) is 3.39. The number of aromatic nitrogens is 2. The van der Waals surface area contributed by atoms with Gasteiger partial charge in [0.1, 0.15) is 11.4 Å². The highest BCUT2D eigenvalue weighted by molar-refractivity contribution is 8.14. The number of hydrogen-bond donors (Lipinski definition) is 0. The van der Waals surface area contributed by atoms with E-state index in [1.165, 1.54) is 12.0 Å². The molecule has 184 valence electrons. The standard InChI is InChI=1S/C27H20N4O5S/c1-35-21-14-12-20(13-15-21)31-24(26(34)36-29-31)23(32)17-37-27-28-22(16-18-8-4-2-5-9-18)25(33)30(27)19-10-6-3-7-11-19/h2-16H,17H2,1H3/b22-16+. The van der Waals surface area contributed by atoms with Gasteiger partial charge in [-0.1, -0.05) is 60.3 Å². The fourth-order valence-electron chi connectivity index (χ4n) is 3.68. The Balaban J connectivity index is 1.42. The molecule has 0 radical (unpaired) electrons. The zero-order valence-electron chi connectivity index (χ0n) is 19.6. The maximum absolute atomic E-state index is 13.3. The van der Waals surface area contributed by atoms with Crippen molar-refractivity contribution in [3.63, 3.8) is 0 Å². The Morgan fingerprint density at radius 1 is 1.05 bits per heavy atom. The second kappa shape index (κ2) is 10.5. The van der Waals surface area contributed by atoms with E-state index in [1.54, 1.807) is 42.5 Å². The minimum absolute atomic E-state index is 0.166. The molecule has 1 aliphatic heterocycles. The van der Waals surface area contributed by atoms with E-state index in [0.29, 0.717) is 22.3 Å². The van der Waals surface area contributed by atoms with Gasteiger partial charge in [0.25, 0.3) is 5.91 Å². The number of hydrogen-bond acceptors (Lipinski definition) is 8. The van der Waals surface area contributed by atoms with Gasteiger partial charge in [0.15, 0.2) is 11.1 Å². The molecule has 0 fully saturated rings. The SMILES string of the molecule is COc1ccc(-[n+]2noc([O-])c2C(=O)CSC2=N/C(=C/c3ccccc3)C(=O)N2c2ccccc2)cc1. The van der Waals surface area contributed by atoms with Crippen molar-refractivity contribution < 1.29 is 28.6 Å². The Morgan fingerprint density at radius 2 is 1.73 bits per heavy atom. The Hall–Kier alpha value is -4.70. The highest BCUT2D eigenvalue weighted by atomic mass is 32.2. The van der Waals surface area contributed by atoms with Crippen molar-refractivity contribution in [3.8, 4) is 17.4 Å². The number of carbonyl (C=O) groups is 2. The third kappa shape index (κ3) is 5.00. The molecular weight excluding hydrogens is 492 g/mol. The Labute approximate surface area is 216 Å². The van der Waals surface area contributed by atoms with Gasteiger partial charge < -0.3 is 14.4 Å². The number of nitrogens with zero attached hydrogens (tertiary/aromatic N) is 4. The summed E-state index contributed by atoms with van der Waals surface area (Å²) in [6, 6.07) is 25.1. The van der Waals surface area contributed by atoms with Crippen molar-refractivity contribution >= 4 is 40.4 Å². The average molecular weight is 513 g/mol. The van der Waals surface area contributed by atoms with Gasteiger partial charge in [-0.25, -0.2) is 4.99 Å². The van der Waals surface area contributed by atoms with Crippen molar-refractivity contribution in [2.75, 3.05) is 17.8 Å². The first-order chi connectivity index (χ1) is 18.0. The molecule has 1 amide bonds. The van der Waals surface area contributed by atoms with Gasteiger partial charge in [-0.3, -0.25) is 14.5 Å². The van der Waals surface area contributed by atoms with E-state index in [2.05, 4.69) is 10.3 Å². The first-order valence-electron chi connectivity index (χ1n) is 11.2. The van der Waals surface area contributed by atoms with Crippen LogP contribution in [0.5, 0.6) is 11.7 Å². The van der Waals surface area contributed by atoms with Crippen molar-refractivity contribution in [2.45, 2.75) is 0 Å². The lowest BCUT2D eigenvalue weighted by molar-refractivity contribution is -0.672. The molecule has 5 rings (SSSR count). The van der Waals surface area contributed by atoms with Crippen molar-refractivity contribution in [1.82, 2.24) is 5.27 Å². The van der Waals surface area contributed by atoms with E-state index in [-0.39, 0.29) is 23.1 Å². The van der Waals surface area contributed by atoms with Crippen molar-refractivity contribution in [3.05, 3.63) is 102 Å². The summed E-state index contributed by atoms with van der Waals surface area (Å²) in [6.07, 6.45) is 1.70. The molecule has 0 unspecified atom stereocenters. The summed E-state index contributed by atoms with van der Waals surface area (Å²) in [7, 11) is 1.54. The number of aliphatic imine (C=N–C) groups is 1. The van der Waals surface area contributed by atoms with Crippen LogP contribution in [0, 0.1) is 0 Å². The lowest BCUT2D eigenvalue weighted by atomic mass is 10.2. The number of para-hydroxylation sites is 1. The van der Waals surface area contributed by atoms with Gasteiger partial charge >= 0.3 is 5.69 Å². The molecule has 0 atom stereocenters. The second-order valence-electron chi connectivity index (χ2n) is 7.84. The van der Waals surface area contributed by atoms with Gasteiger partial charge in [-0.2, -0.15) is 0 Å². The molecule has 0 N–H and O–H groups in total. The normalized spacial score (nSPS) is 14.2. The molecule has 0 saturated carbocycles. The topological polar surface area (TPSA) is 112 Å². The summed E-state index contributed by atoms with van der Waals surface area (Å²) in [6.45, 7) is 0. The third-order valence-electron chi connectivity index (χ3n) is 5.47. The van der Waals surface area contributed by atoms with E-state index < -0.39 is 11.7 Å². The highest BCUT2D eigenvalue weighted by Gasteiger charge is 2.34. The quantitative estimate of drug-likeness (QED) is 0.212. The fraction of sp³-hybridized carbons (Fsp3) is 0.0741. The number of ketones is 1. The molecule has 37 heavy (non-hydrogen) atoms. The van der Waals surface area contributed by atoms with E-state index >= 15 is 0 Å². The zero-order chi connectivity index (χ0) is 25.8. The van der Waals surface area contributed by atoms with Crippen LogP contribution in [-0.4, -0.2) is 35.0 Å². The van der Waals surface area contributed by atoms with Crippen LogP contribution in [0.3, 0.4) is 0 Å². The number of amides is 1. The maximum Gasteiger partial charge on any atom is 0.307 e. The average Bonchev–Trinajstić information content (AvgIpc) is 3.47. The zero-order valence-corrected chi connectivity index (χ0v) is 20.4. The van der Waals surface area contributed by atoms with Crippen molar-refractivity contribution in [2.24, 2.45) is 4.99 Å². The number of methoxy groups -OCH3 is 1. The summed E-state index contributed by atoms with van der Waals surface area (Å²) in [5.74, 6) is -1.23. The smallest absolute Gasteiger partial charge is 0.307 e. The van der Waals surface area contributed by atoms with Crippen LogP contribution in [-0.2, 0) is 4.79 Å². The van der Waals surface area contributed by atoms with Crippen LogP contribution in [0.1, 0.15) is 16.1 Å². The summed E-state index contributed by atoms with van der Waals surface area (Å²) in [5, 5.41) is 16.4. The number of anilines is 1. The molecular formula is C27H20N4O5S. The van der Waals surface area contributed by atoms with Gasteiger partial charge in [0.05, 0.1) is 23.8 Å². The van der Waals surface area contributed by atoms with Gasteiger partial charge in [0.2, 0.25) is 11.5 Å². The van der Waals surface area contributed by atoms with Crippen molar-refractivity contribution in [1.29, 1.82) is 0 Å². The van der Waals surface area contributed by atoms with E-state index in [9.17, 15) is 14.7 Å². The molecule has 0 spiro atoms. The van der Waals surface area contributed by atoms with Crippen LogP contribution in [0.4, 0.5) is 5.69 Å². The molecule has 2 heterocycles. The lowest BCUT2D eigenvalue weighted by Crippen LogP contribution is -2.39. The molecule has 0 aliphatic carbocycles. The number of carbonyl (C=O) groups excluding carboxylic acids is 2. The van der Waals surface area contributed by atoms with Crippen LogP contribution in [0.2, 0.25) is 0 Å². The van der Waals surface area contributed by atoms with Gasteiger partial charge in [-0.05, 0) is 40.6 Å². The van der Waals surface area contributed by atoms with Crippen LogP contribution < -0.4 is 19.4 Å². The molecule has 0 bridgehead atoms. The minimum atomic E-state index is -0.851. The second-order valence-corrected chi connectivity index (χ2v) is 8.78. The Kier molecular flexibility index (Phi) is 6.82. The number of rotatable bonds is 7. The van der Waals surface area contributed by atoms with Crippen LogP contribution in [0.25, 0.3) is 11.8 Å². The highest BCUT2D eigenvalue weighted by Crippen LogP contribution is 2.30. The molecule has 1 aliphatic rings. The number of benzene rings is 3. The van der Waals surface area contributed by atoms with Gasteiger partial charge in [0, 0.05) is 12.1 Å². The molecule has 4 aromatic rings. The number of Topliss-reactive ketones (excluding diaryl/α,β-unsaturated/α-hetero) is 1. The van der Waals surface area contributed by atoms with E-state index in [0.717, 1.165) is 22.0 Å². The molecule has 10 heteroatoms. The largest absolute Gasteiger partial charge is 0.539 e. The summed E-state index contributed by atoms with van der Waals surface area (Å²) < 4.78 is 11.1. The predicted molar refractivity (Wildman–Crippen MR) is 137 cm³/mol. The fourth-order valence-corrected chi connectivity index (χ4v) is 4.56. The van der Waals surface area contributed by atoms with E-state index in [1.807, 2.05) is 48.5 Å². The first-order valence-corrected chi connectivity index (χ1v) is 12.2. The minimum Gasteiger partial charge on any atom is -0.539 e. The summed E-state index contributed by atoms with van der Waals surface area (Å²) in [4.78, 5) is 32.4. The van der Waals surface area contributed by atoms with E-state index in [4.69, 9.17) is 9.26 Å². The molecule has 9 nitrogen and oxygen atoms in total. The molecule has 0 saturated heterocycles. The lowest BCUT2D eigenvalue weighted by Gasteiger charge is -2.17. The number of thioether (sulfide) groups is 1.